The SMILES string of the molecule is CCCNc1cc(NC(=O)N[C@H]2CCN(CC(c3ccccc3)c3ccccc3)C2)ccn1. The van der Waals surface area contributed by atoms with Gasteiger partial charge >= 0.3 is 6.03 Å². The summed E-state index contributed by atoms with van der Waals surface area (Å²) < 4.78 is 0. The van der Waals surface area contributed by atoms with Gasteiger partial charge < -0.3 is 20.9 Å². The van der Waals surface area contributed by atoms with Crippen LogP contribution in [0.2, 0.25) is 0 Å². The number of hydrogen-bond donors (Lipinski definition) is 3. The van der Waals surface area contributed by atoms with Gasteiger partial charge in [0.25, 0.3) is 0 Å². The Morgan fingerprint density at radius 3 is 2.42 bits per heavy atom. The zero-order chi connectivity index (χ0) is 22.9. The minimum Gasteiger partial charge on any atom is -0.370 e. The minimum absolute atomic E-state index is 0.136. The summed E-state index contributed by atoms with van der Waals surface area (Å²) in [5, 5.41) is 9.33. The maximum atomic E-state index is 12.6. The first-order valence-electron chi connectivity index (χ1n) is 11.8. The monoisotopic (exact) mass is 443 g/mol. The number of nitrogens with zero attached hydrogens (tertiary/aromatic N) is 2. The van der Waals surface area contributed by atoms with E-state index in [1.165, 1.54) is 11.1 Å². The number of anilines is 2. The lowest BCUT2D eigenvalue weighted by Gasteiger charge is -2.25. The van der Waals surface area contributed by atoms with E-state index in [1.54, 1.807) is 6.20 Å². The zero-order valence-corrected chi connectivity index (χ0v) is 19.2. The van der Waals surface area contributed by atoms with Crippen molar-refractivity contribution in [1.29, 1.82) is 0 Å². The molecule has 1 aromatic heterocycles. The van der Waals surface area contributed by atoms with E-state index in [2.05, 4.69) is 93.4 Å². The van der Waals surface area contributed by atoms with Crippen LogP contribution in [0, 0.1) is 0 Å². The predicted octanol–water partition coefficient (Wildman–Crippen LogP) is 4.93. The molecule has 0 radical (unpaired) electrons. The average molecular weight is 444 g/mol. The van der Waals surface area contributed by atoms with E-state index in [1.807, 2.05) is 12.1 Å². The molecule has 2 amide bonds. The number of aromatic nitrogens is 1. The molecule has 6 heteroatoms. The van der Waals surface area contributed by atoms with Gasteiger partial charge in [-0.05, 0) is 30.0 Å². The van der Waals surface area contributed by atoms with Crippen LogP contribution >= 0.6 is 0 Å². The number of hydrogen-bond acceptors (Lipinski definition) is 4. The molecule has 0 spiro atoms. The minimum atomic E-state index is -0.169. The van der Waals surface area contributed by atoms with Crippen molar-refractivity contribution in [2.75, 3.05) is 36.8 Å². The van der Waals surface area contributed by atoms with E-state index in [-0.39, 0.29) is 12.1 Å². The largest absolute Gasteiger partial charge is 0.370 e. The molecule has 0 saturated carbocycles. The highest BCUT2D eigenvalue weighted by Gasteiger charge is 2.27. The molecular weight excluding hydrogens is 410 g/mol. The van der Waals surface area contributed by atoms with Crippen molar-refractivity contribution in [2.24, 2.45) is 0 Å². The van der Waals surface area contributed by atoms with Crippen molar-refractivity contribution >= 4 is 17.5 Å². The second-order valence-corrected chi connectivity index (χ2v) is 8.57. The Balaban J connectivity index is 1.32. The average Bonchev–Trinajstić information content (AvgIpc) is 3.29. The van der Waals surface area contributed by atoms with Gasteiger partial charge in [0, 0.05) is 56.1 Å². The van der Waals surface area contributed by atoms with Gasteiger partial charge in [-0.1, -0.05) is 67.6 Å². The van der Waals surface area contributed by atoms with Crippen LogP contribution in [-0.4, -0.2) is 48.1 Å². The van der Waals surface area contributed by atoms with E-state index >= 15 is 0 Å². The molecule has 0 aliphatic carbocycles. The molecule has 6 nitrogen and oxygen atoms in total. The fraction of sp³-hybridized carbons (Fsp3) is 0.333. The lowest BCUT2D eigenvalue weighted by atomic mass is 9.91. The Hall–Kier alpha value is -3.38. The number of carbonyl (C=O) groups is 1. The third kappa shape index (κ3) is 6.56. The fourth-order valence-corrected chi connectivity index (χ4v) is 4.36. The molecule has 0 bridgehead atoms. The molecule has 2 aromatic carbocycles. The third-order valence-corrected chi connectivity index (χ3v) is 6.03. The molecule has 1 fully saturated rings. The summed E-state index contributed by atoms with van der Waals surface area (Å²) in [6.07, 6.45) is 3.68. The molecule has 172 valence electrons. The van der Waals surface area contributed by atoms with Gasteiger partial charge in [0.1, 0.15) is 5.82 Å². The van der Waals surface area contributed by atoms with Gasteiger partial charge in [-0.15, -0.1) is 0 Å². The quantitative estimate of drug-likeness (QED) is 0.439. The van der Waals surface area contributed by atoms with Crippen LogP contribution in [0.15, 0.2) is 79.0 Å². The third-order valence-electron chi connectivity index (χ3n) is 6.03. The summed E-state index contributed by atoms with van der Waals surface area (Å²) in [7, 11) is 0. The van der Waals surface area contributed by atoms with E-state index in [0.717, 1.165) is 50.5 Å². The molecule has 1 saturated heterocycles. The van der Waals surface area contributed by atoms with Crippen molar-refractivity contribution < 1.29 is 4.79 Å². The maximum Gasteiger partial charge on any atom is 0.319 e. The van der Waals surface area contributed by atoms with Crippen molar-refractivity contribution in [3.8, 4) is 0 Å². The summed E-state index contributed by atoms with van der Waals surface area (Å²) >= 11 is 0. The van der Waals surface area contributed by atoms with E-state index in [9.17, 15) is 4.79 Å². The van der Waals surface area contributed by atoms with Crippen LogP contribution in [0.3, 0.4) is 0 Å². The Morgan fingerprint density at radius 2 is 1.76 bits per heavy atom. The van der Waals surface area contributed by atoms with Crippen LogP contribution in [-0.2, 0) is 0 Å². The Kier molecular flexibility index (Phi) is 7.93. The van der Waals surface area contributed by atoms with Gasteiger partial charge in [0.15, 0.2) is 0 Å². The lowest BCUT2D eigenvalue weighted by Crippen LogP contribution is -2.40. The van der Waals surface area contributed by atoms with Crippen LogP contribution in [0.5, 0.6) is 0 Å². The highest BCUT2D eigenvalue weighted by molar-refractivity contribution is 5.89. The number of benzene rings is 2. The molecule has 1 aliphatic heterocycles. The van der Waals surface area contributed by atoms with Gasteiger partial charge in [-0.25, -0.2) is 9.78 Å². The Bertz CT molecular complexity index is 972. The molecule has 2 heterocycles. The van der Waals surface area contributed by atoms with Crippen molar-refractivity contribution in [3.63, 3.8) is 0 Å². The van der Waals surface area contributed by atoms with Gasteiger partial charge in [-0.2, -0.15) is 0 Å². The predicted molar refractivity (Wildman–Crippen MR) is 135 cm³/mol. The number of urea groups is 1. The normalized spacial score (nSPS) is 16.0. The first kappa shape index (κ1) is 22.8. The molecule has 33 heavy (non-hydrogen) atoms. The first-order chi connectivity index (χ1) is 16.2. The number of likely N-dealkylation sites (tertiary alicyclic amines) is 1. The standard InChI is InChI=1S/C27H33N5O/c1-2-15-28-26-18-23(13-16-29-26)30-27(33)31-24-14-17-32(19-24)20-25(21-9-5-3-6-10-21)22-11-7-4-8-12-22/h3-13,16,18,24-25H,2,14-15,17,19-20H2,1H3,(H3,28,29,30,31,33)/t24-/m0/s1. The van der Waals surface area contributed by atoms with Crippen LogP contribution < -0.4 is 16.0 Å². The van der Waals surface area contributed by atoms with Gasteiger partial charge in [0.2, 0.25) is 0 Å². The first-order valence-corrected chi connectivity index (χ1v) is 11.8. The summed E-state index contributed by atoms with van der Waals surface area (Å²) in [6, 6.07) is 25.0. The van der Waals surface area contributed by atoms with E-state index in [0.29, 0.717) is 5.92 Å². The second kappa shape index (κ2) is 11.5. The Morgan fingerprint density at radius 1 is 1.06 bits per heavy atom. The van der Waals surface area contributed by atoms with Crippen LogP contribution in [0.4, 0.5) is 16.3 Å². The van der Waals surface area contributed by atoms with Crippen LogP contribution in [0.1, 0.15) is 36.8 Å². The molecule has 1 atom stereocenters. The highest BCUT2D eigenvalue weighted by atomic mass is 16.2. The van der Waals surface area contributed by atoms with Gasteiger partial charge in [0.05, 0.1) is 0 Å². The topological polar surface area (TPSA) is 69.3 Å². The zero-order valence-electron chi connectivity index (χ0n) is 19.2. The summed E-state index contributed by atoms with van der Waals surface area (Å²) in [5.74, 6) is 1.08. The molecule has 3 aromatic rings. The molecular formula is C27H33N5O. The summed E-state index contributed by atoms with van der Waals surface area (Å²) in [5.41, 5.74) is 3.38. The number of carbonyl (C=O) groups excluding carboxylic acids is 1. The second-order valence-electron chi connectivity index (χ2n) is 8.57. The summed E-state index contributed by atoms with van der Waals surface area (Å²) in [4.78, 5) is 19.3. The van der Waals surface area contributed by atoms with Crippen molar-refractivity contribution in [2.45, 2.75) is 31.7 Å². The van der Waals surface area contributed by atoms with E-state index in [4.69, 9.17) is 0 Å². The molecule has 3 N–H and O–H groups in total. The molecule has 4 rings (SSSR count). The number of amides is 2. The van der Waals surface area contributed by atoms with Crippen molar-refractivity contribution in [3.05, 3.63) is 90.1 Å². The lowest BCUT2D eigenvalue weighted by molar-refractivity contribution is 0.247. The molecule has 1 aliphatic rings. The number of pyridine rings is 1. The summed E-state index contributed by atoms with van der Waals surface area (Å²) in [6.45, 7) is 5.72. The highest BCUT2D eigenvalue weighted by Crippen LogP contribution is 2.27. The maximum absolute atomic E-state index is 12.6. The van der Waals surface area contributed by atoms with Gasteiger partial charge in [-0.3, -0.25) is 0 Å². The van der Waals surface area contributed by atoms with E-state index < -0.39 is 0 Å². The Labute approximate surface area is 196 Å². The smallest absolute Gasteiger partial charge is 0.319 e. The number of nitrogens with one attached hydrogen (secondary N) is 3. The van der Waals surface area contributed by atoms with Crippen molar-refractivity contribution in [1.82, 2.24) is 15.2 Å². The number of rotatable bonds is 9. The molecule has 0 unspecified atom stereocenters. The van der Waals surface area contributed by atoms with Crippen LogP contribution in [0.25, 0.3) is 0 Å². The fourth-order valence-electron chi connectivity index (χ4n) is 4.36.